The van der Waals surface area contributed by atoms with E-state index in [4.69, 9.17) is 14.2 Å². The molecular formula is C17H33FN2O5. The lowest BCUT2D eigenvalue weighted by molar-refractivity contribution is -0.130. The average Bonchev–Trinajstić information content (AvgIpc) is 2.52. The fourth-order valence-corrected chi connectivity index (χ4v) is 1.50. The first-order valence-electron chi connectivity index (χ1n) is 8.59. The summed E-state index contributed by atoms with van der Waals surface area (Å²) in [4.78, 5) is 22.7. The van der Waals surface area contributed by atoms with Crippen LogP contribution in [0.5, 0.6) is 0 Å². The molecule has 148 valence electrons. The van der Waals surface area contributed by atoms with E-state index in [9.17, 15) is 14.0 Å². The number of amides is 2. The van der Waals surface area contributed by atoms with Crippen LogP contribution in [0.1, 0.15) is 34.6 Å². The molecule has 0 radical (unpaired) electrons. The lowest BCUT2D eigenvalue weighted by Gasteiger charge is -2.18. The van der Waals surface area contributed by atoms with Gasteiger partial charge in [-0.05, 0) is 20.8 Å². The Morgan fingerprint density at radius 1 is 1.04 bits per heavy atom. The second kappa shape index (κ2) is 13.0. The molecule has 0 aromatic carbocycles. The Balaban J connectivity index is 3.44. The van der Waals surface area contributed by atoms with Gasteiger partial charge < -0.3 is 24.8 Å². The second-order valence-corrected chi connectivity index (χ2v) is 6.94. The maximum absolute atomic E-state index is 13.5. The normalized spacial score (nSPS) is 12.9. The Hall–Kier alpha value is -1.25. The summed E-state index contributed by atoms with van der Waals surface area (Å²) in [6, 6.07) is 0. The van der Waals surface area contributed by atoms with Crippen molar-refractivity contribution in [3.63, 3.8) is 0 Å². The number of carbonyl (C=O) groups excluding carboxylic acids is 2. The van der Waals surface area contributed by atoms with Gasteiger partial charge in [0, 0.05) is 12.5 Å². The van der Waals surface area contributed by atoms with Crippen LogP contribution < -0.4 is 10.6 Å². The van der Waals surface area contributed by atoms with E-state index in [0.29, 0.717) is 19.8 Å². The minimum absolute atomic E-state index is 0.0118. The molecule has 0 aromatic rings. The van der Waals surface area contributed by atoms with E-state index in [0.717, 1.165) is 0 Å². The zero-order valence-electron chi connectivity index (χ0n) is 16.0. The number of carbonyl (C=O) groups is 2. The van der Waals surface area contributed by atoms with E-state index in [2.05, 4.69) is 10.6 Å². The highest BCUT2D eigenvalue weighted by molar-refractivity contribution is 5.77. The Morgan fingerprint density at radius 2 is 1.68 bits per heavy atom. The standard InChI is InChI=1S/C17H33FN2O5/c1-13(2)16(22)20-10-14(18)11-24-9-8-23-7-6-19-15(21)12-25-17(3,4)5/h13-14H,6-12H2,1-5H3,(H,19,21)(H,20,22). The van der Waals surface area contributed by atoms with Crippen molar-refractivity contribution in [2.75, 3.05) is 46.1 Å². The van der Waals surface area contributed by atoms with Crippen LogP contribution in [-0.4, -0.2) is 69.7 Å². The first-order valence-corrected chi connectivity index (χ1v) is 8.59. The number of alkyl halides is 1. The molecule has 0 heterocycles. The average molecular weight is 364 g/mol. The fourth-order valence-electron chi connectivity index (χ4n) is 1.50. The van der Waals surface area contributed by atoms with Gasteiger partial charge in [0.1, 0.15) is 12.8 Å². The maximum Gasteiger partial charge on any atom is 0.246 e. The summed E-state index contributed by atoms with van der Waals surface area (Å²) in [6.07, 6.45) is -1.25. The third-order valence-electron chi connectivity index (χ3n) is 2.90. The van der Waals surface area contributed by atoms with Gasteiger partial charge >= 0.3 is 0 Å². The number of hydrogen-bond acceptors (Lipinski definition) is 5. The van der Waals surface area contributed by atoms with Crippen molar-refractivity contribution in [2.45, 2.75) is 46.4 Å². The van der Waals surface area contributed by atoms with Crippen molar-refractivity contribution in [3.8, 4) is 0 Å². The molecule has 8 heteroatoms. The van der Waals surface area contributed by atoms with Crippen LogP contribution in [0.4, 0.5) is 4.39 Å². The van der Waals surface area contributed by atoms with Gasteiger partial charge in [-0.1, -0.05) is 13.8 Å². The van der Waals surface area contributed by atoms with E-state index in [1.807, 2.05) is 20.8 Å². The molecule has 0 rings (SSSR count). The molecule has 25 heavy (non-hydrogen) atoms. The summed E-state index contributed by atoms with van der Waals surface area (Å²) in [7, 11) is 0. The molecule has 0 spiro atoms. The summed E-state index contributed by atoms with van der Waals surface area (Å²) in [5, 5.41) is 5.18. The number of hydrogen-bond donors (Lipinski definition) is 2. The van der Waals surface area contributed by atoms with Gasteiger partial charge in [-0.25, -0.2) is 4.39 Å². The molecule has 0 fully saturated rings. The highest BCUT2D eigenvalue weighted by Crippen LogP contribution is 2.05. The molecule has 0 aromatic heterocycles. The zero-order valence-corrected chi connectivity index (χ0v) is 16.0. The molecule has 2 amide bonds. The Kier molecular flexibility index (Phi) is 12.4. The first-order chi connectivity index (χ1) is 11.6. The van der Waals surface area contributed by atoms with Gasteiger partial charge in [-0.3, -0.25) is 9.59 Å². The van der Waals surface area contributed by atoms with E-state index >= 15 is 0 Å². The second-order valence-electron chi connectivity index (χ2n) is 6.94. The molecule has 0 saturated carbocycles. The van der Waals surface area contributed by atoms with E-state index in [1.165, 1.54) is 0 Å². The molecule has 1 unspecified atom stereocenters. The Bertz CT molecular complexity index is 386. The van der Waals surface area contributed by atoms with Gasteiger partial charge in [-0.15, -0.1) is 0 Å². The lowest BCUT2D eigenvalue weighted by atomic mass is 10.2. The summed E-state index contributed by atoms with van der Waals surface area (Å²) >= 11 is 0. The van der Waals surface area contributed by atoms with E-state index < -0.39 is 6.17 Å². The van der Waals surface area contributed by atoms with Crippen molar-refractivity contribution >= 4 is 11.8 Å². The van der Waals surface area contributed by atoms with Crippen LogP contribution in [0.15, 0.2) is 0 Å². The van der Waals surface area contributed by atoms with Gasteiger partial charge in [0.05, 0.1) is 38.6 Å². The van der Waals surface area contributed by atoms with Crippen LogP contribution in [0, 0.1) is 5.92 Å². The molecule has 0 aliphatic heterocycles. The van der Waals surface area contributed by atoms with Gasteiger partial charge in [0.25, 0.3) is 0 Å². The molecule has 7 nitrogen and oxygen atoms in total. The minimum Gasteiger partial charge on any atom is -0.377 e. The summed E-state index contributed by atoms with van der Waals surface area (Å²) in [5.41, 5.74) is -0.350. The van der Waals surface area contributed by atoms with E-state index in [-0.39, 0.29) is 49.7 Å². The summed E-state index contributed by atoms with van der Waals surface area (Å²) in [6.45, 7) is 10.3. The lowest BCUT2D eigenvalue weighted by Crippen LogP contribution is -2.35. The predicted octanol–water partition coefficient (Wildman–Crippen LogP) is 1.06. The van der Waals surface area contributed by atoms with Crippen LogP contribution in [-0.2, 0) is 23.8 Å². The Morgan fingerprint density at radius 3 is 2.28 bits per heavy atom. The summed E-state index contributed by atoms with van der Waals surface area (Å²) < 4.78 is 29.2. The van der Waals surface area contributed by atoms with Crippen molar-refractivity contribution in [1.82, 2.24) is 10.6 Å². The van der Waals surface area contributed by atoms with E-state index in [1.54, 1.807) is 13.8 Å². The fraction of sp³-hybridized carbons (Fsp3) is 0.882. The number of nitrogens with one attached hydrogen (secondary N) is 2. The molecule has 0 aliphatic carbocycles. The van der Waals surface area contributed by atoms with Crippen molar-refractivity contribution in [2.24, 2.45) is 5.92 Å². The quantitative estimate of drug-likeness (QED) is 0.477. The van der Waals surface area contributed by atoms with Crippen LogP contribution in [0.2, 0.25) is 0 Å². The van der Waals surface area contributed by atoms with Gasteiger partial charge in [0.2, 0.25) is 11.8 Å². The minimum atomic E-state index is -1.25. The topological polar surface area (TPSA) is 85.9 Å². The van der Waals surface area contributed by atoms with Crippen molar-refractivity contribution in [1.29, 1.82) is 0 Å². The van der Waals surface area contributed by atoms with Crippen molar-refractivity contribution in [3.05, 3.63) is 0 Å². The van der Waals surface area contributed by atoms with Gasteiger partial charge in [0.15, 0.2) is 0 Å². The predicted molar refractivity (Wildman–Crippen MR) is 93.1 cm³/mol. The third kappa shape index (κ3) is 16.0. The number of ether oxygens (including phenoxy) is 3. The van der Waals surface area contributed by atoms with Crippen LogP contribution in [0.25, 0.3) is 0 Å². The summed E-state index contributed by atoms with van der Waals surface area (Å²) in [5.74, 6) is -0.540. The molecule has 0 aliphatic rings. The smallest absolute Gasteiger partial charge is 0.246 e. The molecule has 0 bridgehead atoms. The molecule has 1 atom stereocenters. The maximum atomic E-state index is 13.5. The highest BCUT2D eigenvalue weighted by Gasteiger charge is 2.13. The first kappa shape index (κ1) is 23.8. The van der Waals surface area contributed by atoms with Gasteiger partial charge in [-0.2, -0.15) is 0 Å². The van der Waals surface area contributed by atoms with Crippen molar-refractivity contribution < 1.29 is 28.2 Å². The molecular weight excluding hydrogens is 331 g/mol. The van der Waals surface area contributed by atoms with Crippen LogP contribution >= 0.6 is 0 Å². The number of rotatable bonds is 13. The SMILES string of the molecule is CC(C)C(=O)NCC(F)COCCOCCNC(=O)COC(C)(C)C. The monoisotopic (exact) mass is 364 g/mol. The third-order valence-corrected chi connectivity index (χ3v) is 2.90. The molecule has 2 N–H and O–H groups in total. The number of halogens is 1. The largest absolute Gasteiger partial charge is 0.377 e. The molecule has 0 saturated heterocycles. The zero-order chi connectivity index (χ0) is 19.3. The highest BCUT2D eigenvalue weighted by atomic mass is 19.1. The Labute approximate surface area is 150 Å². The van der Waals surface area contributed by atoms with Crippen LogP contribution in [0.3, 0.4) is 0 Å².